The summed E-state index contributed by atoms with van der Waals surface area (Å²) in [6.45, 7) is 4.74. The number of nitrogens with zero attached hydrogens (tertiary/aromatic N) is 3. The van der Waals surface area contributed by atoms with Crippen LogP contribution in [0, 0.1) is 6.92 Å². The molecular formula is C17H25N5S. The normalized spacial score (nSPS) is 11.5. The molecular weight excluding hydrogens is 306 g/mol. The van der Waals surface area contributed by atoms with E-state index < -0.39 is 0 Å². The van der Waals surface area contributed by atoms with Crippen molar-refractivity contribution < 1.29 is 0 Å². The molecule has 0 saturated carbocycles. The van der Waals surface area contributed by atoms with E-state index in [1.54, 1.807) is 7.05 Å². The van der Waals surface area contributed by atoms with Gasteiger partial charge >= 0.3 is 0 Å². The lowest BCUT2D eigenvalue weighted by molar-refractivity contribution is 0.570. The van der Waals surface area contributed by atoms with Crippen molar-refractivity contribution in [3.8, 4) is 0 Å². The first-order valence-electron chi connectivity index (χ1n) is 7.89. The molecule has 0 aliphatic carbocycles. The number of benzene rings is 1. The zero-order valence-corrected chi connectivity index (χ0v) is 14.6. The van der Waals surface area contributed by atoms with E-state index in [2.05, 4.69) is 58.1 Å². The molecule has 0 saturated heterocycles. The molecule has 2 aromatic rings. The molecule has 6 heteroatoms. The Bertz CT molecular complexity index is 594. The van der Waals surface area contributed by atoms with Crippen molar-refractivity contribution in [1.29, 1.82) is 0 Å². The van der Waals surface area contributed by atoms with Crippen LogP contribution in [0.5, 0.6) is 0 Å². The molecule has 2 rings (SSSR count). The molecule has 1 aromatic heterocycles. The van der Waals surface area contributed by atoms with Crippen molar-refractivity contribution in [2.75, 3.05) is 25.9 Å². The van der Waals surface area contributed by atoms with E-state index in [4.69, 9.17) is 0 Å². The highest BCUT2D eigenvalue weighted by atomic mass is 32.2. The lowest BCUT2D eigenvalue weighted by Gasteiger charge is -2.11. The number of nitrogens with one attached hydrogen (secondary N) is 2. The van der Waals surface area contributed by atoms with E-state index in [-0.39, 0.29) is 0 Å². The van der Waals surface area contributed by atoms with E-state index in [0.29, 0.717) is 0 Å². The van der Waals surface area contributed by atoms with Gasteiger partial charge in [-0.3, -0.25) is 9.67 Å². The molecule has 23 heavy (non-hydrogen) atoms. The van der Waals surface area contributed by atoms with Gasteiger partial charge in [0.25, 0.3) is 0 Å². The molecule has 1 heterocycles. The smallest absolute Gasteiger partial charge is 0.191 e. The molecule has 2 N–H and O–H groups in total. The van der Waals surface area contributed by atoms with Gasteiger partial charge in [-0.1, -0.05) is 18.2 Å². The molecule has 0 atom stereocenters. The van der Waals surface area contributed by atoms with Crippen LogP contribution in [0.2, 0.25) is 0 Å². The highest BCUT2D eigenvalue weighted by Gasteiger charge is 1.98. The predicted molar refractivity (Wildman–Crippen MR) is 98.1 cm³/mol. The number of aliphatic imine (C=N–C) groups is 1. The number of hydrogen-bond acceptors (Lipinski definition) is 3. The molecule has 0 aliphatic heterocycles. The van der Waals surface area contributed by atoms with Gasteiger partial charge in [-0.15, -0.1) is 11.8 Å². The molecule has 0 spiro atoms. The Kier molecular flexibility index (Phi) is 7.52. The van der Waals surface area contributed by atoms with Gasteiger partial charge in [0, 0.05) is 43.5 Å². The molecule has 0 fully saturated rings. The van der Waals surface area contributed by atoms with Gasteiger partial charge in [-0.05, 0) is 31.0 Å². The van der Waals surface area contributed by atoms with Crippen LogP contribution in [-0.4, -0.2) is 41.6 Å². The van der Waals surface area contributed by atoms with Crippen LogP contribution in [0.15, 0.2) is 52.6 Å². The number of aromatic nitrogens is 2. The fraction of sp³-hybridized carbons (Fsp3) is 0.412. The average molecular weight is 331 g/mol. The van der Waals surface area contributed by atoms with Crippen LogP contribution < -0.4 is 10.6 Å². The van der Waals surface area contributed by atoms with Crippen LogP contribution in [0.4, 0.5) is 0 Å². The Morgan fingerprint density at radius 2 is 2.00 bits per heavy atom. The van der Waals surface area contributed by atoms with E-state index in [0.717, 1.165) is 37.8 Å². The van der Waals surface area contributed by atoms with Gasteiger partial charge < -0.3 is 10.6 Å². The fourth-order valence-corrected chi connectivity index (χ4v) is 2.90. The summed E-state index contributed by atoms with van der Waals surface area (Å²) in [5.41, 5.74) is 1.20. The van der Waals surface area contributed by atoms with Crippen molar-refractivity contribution in [2.24, 2.45) is 4.99 Å². The summed E-state index contributed by atoms with van der Waals surface area (Å²) in [7, 11) is 1.80. The summed E-state index contributed by atoms with van der Waals surface area (Å²) in [6, 6.07) is 10.4. The maximum absolute atomic E-state index is 4.28. The Hall–Kier alpha value is -1.95. The third-order valence-electron chi connectivity index (χ3n) is 3.25. The number of rotatable bonds is 8. The SMILES string of the molecule is CN=C(NCCCn1cc(C)cn1)NCCSc1ccccc1. The second kappa shape index (κ2) is 9.94. The van der Waals surface area contributed by atoms with Crippen molar-refractivity contribution in [3.05, 3.63) is 48.3 Å². The Morgan fingerprint density at radius 1 is 1.22 bits per heavy atom. The highest BCUT2D eigenvalue weighted by molar-refractivity contribution is 7.99. The monoisotopic (exact) mass is 331 g/mol. The quantitative estimate of drug-likeness (QED) is 0.338. The van der Waals surface area contributed by atoms with Crippen molar-refractivity contribution in [3.63, 3.8) is 0 Å². The predicted octanol–water partition coefficient (Wildman–Crippen LogP) is 2.54. The Morgan fingerprint density at radius 3 is 2.70 bits per heavy atom. The molecule has 5 nitrogen and oxygen atoms in total. The minimum Gasteiger partial charge on any atom is -0.356 e. The molecule has 0 amide bonds. The van der Waals surface area contributed by atoms with Gasteiger partial charge in [0.2, 0.25) is 0 Å². The largest absolute Gasteiger partial charge is 0.356 e. The molecule has 0 unspecified atom stereocenters. The summed E-state index contributed by atoms with van der Waals surface area (Å²) in [6.07, 6.45) is 4.97. The van der Waals surface area contributed by atoms with E-state index in [1.165, 1.54) is 10.5 Å². The van der Waals surface area contributed by atoms with Gasteiger partial charge in [-0.25, -0.2) is 0 Å². The van der Waals surface area contributed by atoms with E-state index in [9.17, 15) is 0 Å². The van der Waals surface area contributed by atoms with Gasteiger partial charge in [0.15, 0.2) is 5.96 Å². The first-order chi connectivity index (χ1) is 11.3. The van der Waals surface area contributed by atoms with Gasteiger partial charge in [0.05, 0.1) is 6.20 Å². The Balaban J connectivity index is 1.56. The Labute approximate surface area is 142 Å². The van der Waals surface area contributed by atoms with Crippen LogP contribution >= 0.6 is 11.8 Å². The highest BCUT2D eigenvalue weighted by Crippen LogP contribution is 2.15. The maximum atomic E-state index is 4.28. The van der Waals surface area contributed by atoms with Crippen molar-refractivity contribution in [2.45, 2.75) is 24.8 Å². The van der Waals surface area contributed by atoms with Crippen molar-refractivity contribution in [1.82, 2.24) is 20.4 Å². The van der Waals surface area contributed by atoms with E-state index in [1.807, 2.05) is 28.7 Å². The van der Waals surface area contributed by atoms with Crippen LogP contribution in [0.1, 0.15) is 12.0 Å². The third-order valence-corrected chi connectivity index (χ3v) is 4.26. The minimum atomic E-state index is 0.857. The molecule has 0 radical (unpaired) electrons. The summed E-state index contributed by atoms with van der Waals surface area (Å²) in [5.74, 6) is 1.87. The lowest BCUT2D eigenvalue weighted by Crippen LogP contribution is -2.39. The number of guanidine groups is 1. The number of aryl methyl sites for hydroxylation is 2. The molecule has 1 aromatic carbocycles. The van der Waals surface area contributed by atoms with Crippen LogP contribution in [0.3, 0.4) is 0 Å². The second-order valence-electron chi connectivity index (χ2n) is 5.22. The zero-order valence-electron chi connectivity index (χ0n) is 13.8. The summed E-state index contributed by atoms with van der Waals surface area (Å²) in [4.78, 5) is 5.54. The first kappa shape index (κ1) is 17.4. The number of hydrogen-bond donors (Lipinski definition) is 2. The fourth-order valence-electron chi connectivity index (χ4n) is 2.11. The summed E-state index contributed by atoms with van der Waals surface area (Å²) in [5, 5.41) is 11.0. The molecule has 124 valence electrons. The van der Waals surface area contributed by atoms with Gasteiger partial charge in [-0.2, -0.15) is 5.10 Å². The standard InChI is InChI=1S/C17H25N5S/c1-15-13-21-22(14-15)11-6-9-19-17(18-2)20-10-12-23-16-7-4-3-5-8-16/h3-5,7-8,13-14H,6,9-12H2,1-2H3,(H2,18,19,20). The second-order valence-corrected chi connectivity index (χ2v) is 6.39. The topological polar surface area (TPSA) is 54.2 Å². The molecule has 0 aliphatic rings. The van der Waals surface area contributed by atoms with Crippen LogP contribution in [-0.2, 0) is 6.54 Å². The minimum absolute atomic E-state index is 0.857. The van der Waals surface area contributed by atoms with E-state index >= 15 is 0 Å². The molecule has 0 bridgehead atoms. The first-order valence-corrected chi connectivity index (χ1v) is 8.88. The zero-order chi connectivity index (χ0) is 16.3. The summed E-state index contributed by atoms with van der Waals surface area (Å²) < 4.78 is 1.98. The van der Waals surface area contributed by atoms with Crippen molar-refractivity contribution >= 4 is 17.7 Å². The van der Waals surface area contributed by atoms with Gasteiger partial charge in [0.1, 0.15) is 0 Å². The number of thioether (sulfide) groups is 1. The average Bonchev–Trinajstić information content (AvgIpc) is 2.99. The lowest BCUT2D eigenvalue weighted by atomic mass is 10.4. The summed E-state index contributed by atoms with van der Waals surface area (Å²) >= 11 is 1.84. The maximum Gasteiger partial charge on any atom is 0.191 e. The third kappa shape index (κ3) is 6.78. The van der Waals surface area contributed by atoms with Crippen LogP contribution in [0.25, 0.3) is 0 Å².